The van der Waals surface area contributed by atoms with Crippen LogP contribution in [0.25, 0.3) is 0 Å². The molecule has 0 amide bonds. The third kappa shape index (κ3) is 3.28. The van der Waals surface area contributed by atoms with E-state index in [9.17, 15) is 0 Å². The van der Waals surface area contributed by atoms with Gasteiger partial charge in [-0.1, -0.05) is 6.92 Å². The van der Waals surface area contributed by atoms with Crippen molar-refractivity contribution in [3.63, 3.8) is 0 Å². The van der Waals surface area contributed by atoms with Gasteiger partial charge in [0.25, 0.3) is 0 Å². The highest BCUT2D eigenvalue weighted by Gasteiger charge is 2.03. The number of aryl methyl sites for hydroxylation is 1. The van der Waals surface area contributed by atoms with Gasteiger partial charge in [-0.25, -0.2) is 0 Å². The van der Waals surface area contributed by atoms with Crippen LogP contribution in [0, 0.1) is 6.92 Å². The van der Waals surface area contributed by atoms with Gasteiger partial charge < -0.3 is 10.2 Å². The normalized spacial score (nSPS) is 12.2. The maximum absolute atomic E-state index is 5.75. The smallest absolute Gasteiger partial charge is 0.105 e. The lowest BCUT2D eigenvalue weighted by Crippen LogP contribution is -2.20. The van der Waals surface area contributed by atoms with E-state index in [1.807, 2.05) is 19.1 Å². The van der Waals surface area contributed by atoms with Gasteiger partial charge in [-0.2, -0.15) is 0 Å². The van der Waals surface area contributed by atoms with Crippen LogP contribution in [0.3, 0.4) is 0 Å². The Morgan fingerprint density at radius 1 is 1.50 bits per heavy atom. The van der Waals surface area contributed by atoms with E-state index in [-0.39, 0.29) is 18.4 Å². The minimum atomic E-state index is 0. The molecule has 1 aromatic heterocycles. The highest BCUT2D eigenvalue weighted by atomic mass is 35.5. The molecule has 1 atom stereocenters. The molecule has 0 saturated carbocycles. The molecule has 0 aliphatic heterocycles. The fourth-order valence-corrected chi connectivity index (χ4v) is 0.998. The van der Waals surface area contributed by atoms with E-state index in [1.165, 1.54) is 0 Å². The highest BCUT2D eigenvalue weighted by molar-refractivity contribution is 5.85. The number of hydrogen-bond acceptors (Lipinski definition) is 2. The molecule has 1 unspecified atom stereocenters. The lowest BCUT2D eigenvalue weighted by atomic mass is 10.1. The number of nitrogens with two attached hydrogens (primary N) is 1. The third-order valence-electron chi connectivity index (χ3n) is 1.78. The van der Waals surface area contributed by atoms with Crippen LogP contribution in [-0.4, -0.2) is 6.04 Å². The van der Waals surface area contributed by atoms with Crippen LogP contribution >= 0.6 is 12.4 Å². The summed E-state index contributed by atoms with van der Waals surface area (Å²) in [5.74, 6) is 1.96. The van der Waals surface area contributed by atoms with Gasteiger partial charge in [0.2, 0.25) is 0 Å². The molecule has 0 bridgehead atoms. The van der Waals surface area contributed by atoms with Crippen molar-refractivity contribution < 1.29 is 4.42 Å². The molecule has 0 aliphatic carbocycles. The van der Waals surface area contributed by atoms with Gasteiger partial charge in [0.05, 0.1) is 0 Å². The molecule has 1 aromatic rings. The van der Waals surface area contributed by atoms with Crippen molar-refractivity contribution >= 4 is 12.4 Å². The van der Waals surface area contributed by atoms with Crippen LogP contribution in [-0.2, 0) is 6.42 Å². The summed E-state index contributed by atoms with van der Waals surface area (Å²) in [6.07, 6.45) is 1.85. The lowest BCUT2D eigenvalue weighted by molar-refractivity contribution is 0.460. The Hall–Kier alpha value is -0.470. The minimum absolute atomic E-state index is 0. The van der Waals surface area contributed by atoms with Crippen molar-refractivity contribution in [2.45, 2.75) is 32.7 Å². The summed E-state index contributed by atoms with van der Waals surface area (Å²) in [6, 6.07) is 4.20. The van der Waals surface area contributed by atoms with Crippen molar-refractivity contribution in [3.8, 4) is 0 Å². The molecule has 0 fully saturated rings. The molecule has 0 aromatic carbocycles. The Morgan fingerprint density at radius 3 is 2.58 bits per heavy atom. The summed E-state index contributed by atoms with van der Waals surface area (Å²) in [7, 11) is 0. The van der Waals surface area contributed by atoms with E-state index in [0.29, 0.717) is 0 Å². The molecule has 70 valence electrons. The standard InChI is InChI=1S/C9H15NO.ClH/c1-3-8(10)6-9-5-4-7(2)11-9;/h4-5,8H,3,6,10H2,1-2H3;1H. The molecule has 0 radical (unpaired) electrons. The minimum Gasteiger partial charge on any atom is -0.466 e. The Morgan fingerprint density at radius 2 is 2.17 bits per heavy atom. The second-order valence-electron chi connectivity index (χ2n) is 2.88. The average molecular weight is 190 g/mol. The fraction of sp³-hybridized carbons (Fsp3) is 0.556. The predicted octanol–water partition coefficient (Wildman–Crippen LogP) is 2.29. The number of furan rings is 1. The van der Waals surface area contributed by atoms with Gasteiger partial charge in [-0.15, -0.1) is 12.4 Å². The van der Waals surface area contributed by atoms with E-state index in [2.05, 4.69) is 6.92 Å². The molecule has 12 heavy (non-hydrogen) atoms. The lowest BCUT2D eigenvalue weighted by Gasteiger charge is -2.04. The van der Waals surface area contributed by atoms with E-state index < -0.39 is 0 Å². The maximum Gasteiger partial charge on any atom is 0.105 e. The molecule has 2 nitrogen and oxygen atoms in total. The molecular weight excluding hydrogens is 174 g/mol. The molecule has 2 N–H and O–H groups in total. The molecule has 1 heterocycles. The number of hydrogen-bond donors (Lipinski definition) is 1. The summed E-state index contributed by atoms with van der Waals surface area (Å²) in [6.45, 7) is 4.03. The van der Waals surface area contributed by atoms with Gasteiger partial charge >= 0.3 is 0 Å². The van der Waals surface area contributed by atoms with E-state index >= 15 is 0 Å². The van der Waals surface area contributed by atoms with E-state index in [1.54, 1.807) is 0 Å². The first-order valence-corrected chi connectivity index (χ1v) is 4.03. The topological polar surface area (TPSA) is 39.2 Å². The van der Waals surface area contributed by atoms with Crippen LogP contribution in [0.1, 0.15) is 24.9 Å². The van der Waals surface area contributed by atoms with Crippen LogP contribution in [0.15, 0.2) is 16.5 Å². The van der Waals surface area contributed by atoms with Gasteiger partial charge in [-0.05, 0) is 25.5 Å². The van der Waals surface area contributed by atoms with Crippen molar-refractivity contribution in [2.24, 2.45) is 5.73 Å². The molecular formula is C9H16ClNO. The van der Waals surface area contributed by atoms with Crippen LogP contribution in [0.2, 0.25) is 0 Å². The quantitative estimate of drug-likeness (QED) is 0.793. The average Bonchev–Trinajstić information content (AvgIpc) is 2.35. The summed E-state index contributed by atoms with van der Waals surface area (Å²) in [5, 5.41) is 0. The molecule has 3 heteroatoms. The second kappa shape index (κ2) is 5.22. The van der Waals surface area contributed by atoms with Crippen molar-refractivity contribution in [1.29, 1.82) is 0 Å². The zero-order chi connectivity index (χ0) is 8.27. The van der Waals surface area contributed by atoms with Crippen molar-refractivity contribution in [3.05, 3.63) is 23.7 Å². The predicted molar refractivity (Wildman–Crippen MR) is 52.7 cm³/mol. The summed E-state index contributed by atoms with van der Waals surface area (Å²) >= 11 is 0. The Bertz CT molecular complexity index is 222. The van der Waals surface area contributed by atoms with Crippen molar-refractivity contribution in [1.82, 2.24) is 0 Å². The summed E-state index contributed by atoms with van der Waals surface area (Å²) < 4.78 is 5.38. The van der Waals surface area contributed by atoms with Gasteiger partial charge in [0, 0.05) is 12.5 Å². The fourth-order valence-electron chi connectivity index (χ4n) is 0.998. The van der Waals surface area contributed by atoms with Crippen LogP contribution in [0.4, 0.5) is 0 Å². The van der Waals surface area contributed by atoms with E-state index in [0.717, 1.165) is 24.4 Å². The van der Waals surface area contributed by atoms with Crippen molar-refractivity contribution in [2.75, 3.05) is 0 Å². The van der Waals surface area contributed by atoms with E-state index in [4.69, 9.17) is 10.2 Å². The number of rotatable bonds is 3. The first-order chi connectivity index (χ1) is 5.22. The monoisotopic (exact) mass is 189 g/mol. The molecule has 0 saturated heterocycles. The van der Waals surface area contributed by atoms with Gasteiger partial charge in [0.15, 0.2) is 0 Å². The number of halogens is 1. The SMILES string of the molecule is CCC(N)Cc1ccc(C)o1.Cl. The Balaban J connectivity index is 0.00000121. The largest absolute Gasteiger partial charge is 0.466 e. The van der Waals surface area contributed by atoms with Gasteiger partial charge in [-0.3, -0.25) is 0 Å². The Labute approximate surface area is 79.5 Å². The molecule has 1 rings (SSSR count). The zero-order valence-corrected chi connectivity index (χ0v) is 8.36. The Kier molecular flexibility index (Phi) is 5.02. The third-order valence-corrected chi connectivity index (χ3v) is 1.78. The second-order valence-corrected chi connectivity index (χ2v) is 2.88. The first kappa shape index (κ1) is 11.5. The zero-order valence-electron chi connectivity index (χ0n) is 7.54. The van der Waals surface area contributed by atoms with Gasteiger partial charge in [0.1, 0.15) is 11.5 Å². The summed E-state index contributed by atoms with van der Waals surface area (Å²) in [4.78, 5) is 0. The first-order valence-electron chi connectivity index (χ1n) is 4.03. The maximum atomic E-state index is 5.75. The van der Waals surface area contributed by atoms with Crippen LogP contribution in [0.5, 0.6) is 0 Å². The van der Waals surface area contributed by atoms with Crippen LogP contribution < -0.4 is 5.73 Å². The molecule has 0 spiro atoms. The summed E-state index contributed by atoms with van der Waals surface area (Å²) in [5.41, 5.74) is 5.75. The molecule has 0 aliphatic rings. The highest BCUT2D eigenvalue weighted by Crippen LogP contribution is 2.08.